The van der Waals surface area contributed by atoms with E-state index in [4.69, 9.17) is 9.47 Å². The van der Waals surface area contributed by atoms with E-state index in [1.54, 1.807) is 14.2 Å². The van der Waals surface area contributed by atoms with Crippen molar-refractivity contribution in [1.29, 1.82) is 0 Å². The quantitative estimate of drug-likeness (QED) is 0.796. The van der Waals surface area contributed by atoms with E-state index in [2.05, 4.69) is 4.98 Å². The molecular formula is C13H13NO3S. The Morgan fingerprint density at radius 1 is 1.22 bits per heavy atom. The zero-order valence-corrected chi connectivity index (χ0v) is 11.2. The summed E-state index contributed by atoms with van der Waals surface area (Å²) in [5.41, 5.74) is 1.40. The van der Waals surface area contributed by atoms with Crippen LogP contribution >= 0.6 is 11.3 Å². The Bertz CT molecular complexity index is 578. The lowest BCUT2D eigenvalue weighted by Gasteiger charge is -2.08. The average Bonchev–Trinajstić information content (AvgIpc) is 2.79. The smallest absolute Gasteiger partial charge is 0.169 e. The average molecular weight is 263 g/mol. The summed E-state index contributed by atoms with van der Waals surface area (Å²) in [4.78, 5) is 16.0. The standard InChI is InChI=1S/C13H13NO3S/c1-8-10(7-15)14-13(18-8)9-4-5-11(16-2)12(6-9)17-3/h4-7H,1-3H3. The molecule has 1 aromatic heterocycles. The Morgan fingerprint density at radius 3 is 2.50 bits per heavy atom. The van der Waals surface area contributed by atoms with E-state index in [9.17, 15) is 4.79 Å². The van der Waals surface area contributed by atoms with Crippen molar-refractivity contribution in [3.63, 3.8) is 0 Å². The van der Waals surface area contributed by atoms with Gasteiger partial charge in [-0.15, -0.1) is 11.3 Å². The van der Waals surface area contributed by atoms with Crippen molar-refractivity contribution >= 4 is 17.6 Å². The topological polar surface area (TPSA) is 48.4 Å². The second kappa shape index (κ2) is 5.18. The van der Waals surface area contributed by atoms with E-state index < -0.39 is 0 Å². The minimum Gasteiger partial charge on any atom is -0.493 e. The van der Waals surface area contributed by atoms with Crippen LogP contribution in [-0.2, 0) is 0 Å². The molecule has 2 rings (SSSR count). The Balaban J connectivity index is 2.47. The van der Waals surface area contributed by atoms with Gasteiger partial charge in [-0.25, -0.2) is 4.98 Å². The van der Waals surface area contributed by atoms with Gasteiger partial charge >= 0.3 is 0 Å². The summed E-state index contributed by atoms with van der Waals surface area (Å²) < 4.78 is 10.4. The maximum Gasteiger partial charge on any atom is 0.169 e. The van der Waals surface area contributed by atoms with Crippen LogP contribution in [0.15, 0.2) is 18.2 Å². The van der Waals surface area contributed by atoms with Crippen LogP contribution in [0.1, 0.15) is 15.4 Å². The van der Waals surface area contributed by atoms with E-state index in [-0.39, 0.29) is 0 Å². The molecule has 2 aromatic rings. The van der Waals surface area contributed by atoms with E-state index in [0.717, 1.165) is 21.7 Å². The number of hydrogen-bond donors (Lipinski definition) is 0. The van der Waals surface area contributed by atoms with Gasteiger partial charge in [0.2, 0.25) is 0 Å². The number of rotatable bonds is 4. The molecule has 0 aliphatic rings. The van der Waals surface area contributed by atoms with Crippen molar-refractivity contribution < 1.29 is 14.3 Å². The van der Waals surface area contributed by atoms with Gasteiger partial charge in [0.15, 0.2) is 17.8 Å². The summed E-state index contributed by atoms with van der Waals surface area (Å²) in [6.45, 7) is 1.88. The highest BCUT2D eigenvalue weighted by Crippen LogP contribution is 2.34. The van der Waals surface area contributed by atoms with Crippen molar-refractivity contribution in [1.82, 2.24) is 4.98 Å². The van der Waals surface area contributed by atoms with Gasteiger partial charge in [-0.2, -0.15) is 0 Å². The van der Waals surface area contributed by atoms with Crippen molar-refractivity contribution in [3.05, 3.63) is 28.8 Å². The fourth-order valence-electron chi connectivity index (χ4n) is 1.61. The number of aldehydes is 1. The number of aromatic nitrogens is 1. The second-order valence-corrected chi connectivity index (χ2v) is 4.85. The zero-order chi connectivity index (χ0) is 13.1. The molecule has 1 heterocycles. The summed E-state index contributed by atoms with van der Waals surface area (Å²) in [5.74, 6) is 1.32. The summed E-state index contributed by atoms with van der Waals surface area (Å²) in [5, 5.41) is 0.801. The minimum absolute atomic E-state index is 0.491. The third-order valence-electron chi connectivity index (χ3n) is 2.57. The molecule has 0 aliphatic carbocycles. The van der Waals surface area contributed by atoms with Gasteiger partial charge in [-0.1, -0.05) is 0 Å². The molecule has 18 heavy (non-hydrogen) atoms. The molecule has 0 aliphatic heterocycles. The Labute approximate surface area is 109 Å². The summed E-state index contributed by atoms with van der Waals surface area (Å²) in [6, 6.07) is 5.57. The first-order valence-corrected chi connectivity index (χ1v) is 6.16. The first-order chi connectivity index (χ1) is 8.69. The third kappa shape index (κ3) is 2.22. The number of benzene rings is 1. The summed E-state index contributed by atoms with van der Waals surface area (Å²) >= 11 is 1.49. The van der Waals surface area contributed by atoms with Gasteiger partial charge in [-0.3, -0.25) is 4.79 Å². The Kier molecular flexibility index (Phi) is 3.62. The summed E-state index contributed by atoms with van der Waals surface area (Å²) in [7, 11) is 3.18. The number of hydrogen-bond acceptors (Lipinski definition) is 5. The number of thiazole rings is 1. The number of carbonyl (C=O) groups is 1. The monoisotopic (exact) mass is 263 g/mol. The molecule has 0 unspecified atom stereocenters. The van der Waals surface area contributed by atoms with Crippen LogP contribution in [-0.4, -0.2) is 25.5 Å². The highest BCUT2D eigenvalue weighted by atomic mass is 32.1. The number of aryl methyl sites for hydroxylation is 1. The second-order valence-electron chi connectivity index (χ2n) is 3.65. The van der Waals surface area contributed by atoms with Crippen LogP contribution in [0.4, 0.5) is 0 Å². The molecule has 94 valence electrons. The Hall–Kier alpha value is -1.88. The Morgan fingerprint density at radius 2 is 1.94 bits per heavy atom. The molecule has 0 N–H and O–H groups in total. The molecule has 0 saturated heterocycles. The normalized spacial score (nSPS) is 10.2. The maximum absolute atomic E-state index is 10.8. The molecular weight excluding hydrogens is 250 g/mol. The van der Waals surface area contributed by atoms with Crippen LogP contribution < -0.4 is 9.47 Å². The molecule has 0 saturated carbocycles. The van der Waals surface area contributed by atoms with Crippen molar-refractivity contribution in [2.75, 3.05) is 14.2 Å². The van der Waals surface area contributed by atoms with Gasteiger partial charge < -0.3 is 9.47 Å². The predicted octanol–water partition coefficient (Wildman–Crippen LogP) is 2.95. The van der Waals surface area contributed by atoms with E-state index >= 15 is 0 Å². The lowest BCUT2D eigenvalue weighted by Crippen LogP contribution is -1.90. The van der Waals surface area contributed by atoms with Crippen LogP contribution in [0.5, 0.6) is 11.5 Å². The van der Waals surface area contributed by atoms with Gasteiger partial charge in [0.05, 0.1) is 14.2 Å². The van der Waals surface area contributed by atoms with Crippen LogP contribution in [0.3, 0.4) is 0 Å². The highest BCUT2D eigenvalue weighted by molar-refractivity contribution is 7.15. The number of nitrogens with zero attached hydrogens (tertiary/aromatic N) is 1. The van der Waals surface area contributed by atoms with Crippen molar-refractivity contribution in [2.45, 2.75) is 6.92 Å². The molecule has 0 atom stereocenters. The van der Waals surface area contributed by atoms with Crippen molar-refractivity contribution in [3.8, 4) is 22.1 Å². The van der Waals surface area contributed by atoms with Gasteiger partial charge in [-0.05, 0) is 25.1 Å². The molecule has 5 heteroatoms. The molecule has 4 nitrogen and oxygen atoms in total. The molecule has 0 spiro atoms. The zero-order valence-electron chi connectivity index (χ0n) is 10.4. The maximum atomic E-state index is 10.8. The number of carbonyl (C=O) groups excluding carboxylic acids is 1. The minimum atomic E-state index is 0.491. The molecule has 0 fully saturated rings. The van der Waals surface area contributed by atoms with Crippen LogP contribution in [0, 0.1) is 6.92 Å². The third-order valence-corrected chi connectivity index (χ3v) is 3.61. The highest BCUT2D eigenvalue weighted by Gasteiger charge is 2.11. The molecule has 0 radical (unpaired) electrons. The molecule has 1 aromatic carbocycles. The van der Waals surface area contributed by atoms with Crippen LogP contribution in [0.2, 0.25) is 0 Å². The largest absolute Gasteiger partial charge is 0.493 e. The lowest BCUT2D eigenvalue weighted by atomic mass is 10.2. The van der Waals surface area contributed by atoms with Gasteiger partial charge in [0, 0.05) is 10.4 Å². The predicted molar refractivity (Wildman–Crippen MR) is 70.8 cm³/mol. The van der Waals surface area contributed by atoms with Gasteiger partial charge in [0.25, 0.3) is 0 Å². The SMILES string of the molecule is COc1ccc(-c2nc(C=O)c(C)s2)cc1OC. The van der Waals surface area contributed by atoms with Crippen LogP contribution in [0.25, 0.3) is 10.6 Å². The van der Waals surface area contributed by atoms with E-state index in [1.807, 2.05) is 25.1 Å². The molecule has 0 bridgehead atoms. The number of methoxy groups -OCH3 is 2. The van der Waals surface area contributed by atoms with Gasteiger partial charge in [0.1, 0.15) is 10.7 Å². The number of ether oxygens (including phenoxy) is 2. The summed E-state index contributed by atoms with van der Waals surface area (Å²) in [6.07, 6.45) is 0.774. The first kappa shape index (κ1) is 12.6. The fraction of sp³-hybridized carbons (Fsp3) is 0.231. The lowest BCUT2D eigenvalue weighted by molar-refractivity contribution is 0.111. The van der Waals surface area contributed by atoms with E-state index in [0.29, 0.717) is 17.2 Å². The fourth-order valence-corrected chi connectivity index (χ4v) is 2.49. The van der Waals surface area contributed by atoms with E-state index in [1.165, 1.54) is 11.3 Å². The molecule has 0 amide bonds. The van der Waals surface area contributed by atoms with Crippen molar-refractivity contribution in [2.24, 2.45) is 0 Å². The first-order valence-electron chi connectivity index (χ1n) is 5.34.